The van der Waals surface area contributed by atoms with Crippen molar-refractivity contribution in [2.75, 3.05) is 0 Å². The van der Waals surface area contributed by atoms with Gasteiger partial charge in [0.1, 0.15) is 0 Å². The Labute approximate surface area is 69.0 Å². The molecule has 0 N–H and O–H groups in total. The van der Waals surface area contributed by atoms with Crippen molar-refractivity contribution in [3.63, 3.8) is 0 Å². The second kappa shape index (κ2) is 2.51. The fraction of sp³-hybridized carbons (Fsp3) is 0.636. The summed E-state index contributed by atoms with van der Waals surface area (Å²) in [5.41, 5.74) is 0.564. The van der Waals surface area contributed by atoms with Crippen molar-refractivity contribution in [1.82, 2.24) is 0 Å². The van der Waals surface area contributed by atoms with Crippen molar-refractivity contribution in [3.05, 3.63) is 24.3 Å². The van der Waals surface area contributed by atoms with Crippen LogP contribution < -0.4 is 0 Å². The number of hydrogen-bond acceptors (Lipinski definition) is 0. The second-order valence-corrected chi connectivity index (χ2v) is 4.02. The lowest BCUT2D eigenvalue weighted by Gasteiger charge is -2.30. The third kappa shape index (κ3) is 1.05. The molecule has 0 amide bonds. The molecule has 0 aromatic heterocycles. The first kappa shape index (κ1) is 7.15. The van der Waals surface area contributed by atoms with Gasteiger partial charge >= 0.3 is 0 Å². The van der Waals surface area contributed by atoms with Crippen LogP contribution in [0.2, 0.25) is 0 Å². The van der Waals surface area contributed by atoms with Gasteiger partial charge in [-0.25, -0.2) is 0 Å². The smallest absolute Gasteiger partial charge is 0.00549 e. The highest BCUT2D eigenvalue weighted by atomic mass is 14.4. The SMILES string of the molecule is C[C@@H]1CCC[C@]12C=CC=CC2. The predicted octanol–water partition coefficient (Wildman–Crippen LogP) is 3.31. The van der Waals surface area contributed by atoms with E-state index in [9.17, 15) is 0 Å². The van der Waals surface area contributed by atoms with Gasteiger partial charge in [-0.2, -0.15) is 0 Å². The van der Waals surface area contributed by atoms with Gasteiger partial charge in [0.2, 0.25) is 0 Å². The van der Waals surface area contributed by atoms with Crippen LogP contribution in [0.5, 0.6) is 0 Å². The van der Waals surface area contributed by atoms with E-state index in [0.29, 0.717) is 5.41 Å². The van der Waals surface area contributed by atoms with Crippen LogP contribution in [-0.4, -0.2) is 0 Å². The van der Waals surface area contributed by atoms with E-state index in [-0.39, 0.29) is 0 Å². The summed E-state index contributed by atoms with van der Waals surface area (Å²) < 4.78 is 0. The Balaban J connectivity index is 2.21. The molecular formula is C11H16. The third-order valence-corrected chi connectivity index (χ3v) is 3.43. The topological polar surface area (TPSA) is 0 Å². The van der Waals surface area contributed by atoms with Gasteiger partial charge in [-0.05, 0) is 30.6 Å². The molecule has 0 saturated heterocycles. The van der Waals surface area contributed by atoms with E-state index in [4.69, 9.17) is 0 Å². The third-order valence-electron chi connectivity index (χ3n) is 3.43. The van der Waals surface area contributed by atoms with E-state index in [1.165, 1.54) is 25.7 Å². The first-order chi connectivity index (χ1) is 5.33. The molecule has 0 aliphatic heterocycles. The van der Waals surface area contributed by atoms with Crippen LogP contribution in [0.1, 0.15) is 32.6 Å². The Hall–Kier alpha value is -0.520. The van der Waals surface area contributed by atoms with Crippen LogP contribution in [0.15, 0.2) is 24.3 Å². The van der Waals surface area contributed by atoms with E-state index in [1.54, 1.807) is 0 Å². The zero-order valence-corrected chi connectivity index (χ0v) is 7.22. The lowest BCUT2D eigenvalue weighted by molar-refractivity contribution is 0.296. The van der Waals surface area contributed by atoms with Crippen molar-refractivity contribution in [1.29, 1.82) is 0 Å². The van der Waals surface area contributed by atoms with Gasteiger partial charge < -0.3 is 0 Å². The first-order valence-electron chi connectivity index (χ1n) is 4.68. The van der Waals surface area contributed by atoms with Crippen molar-refractivity contribution in [2.45, 2.75) is 32.6 Å². The van der Waals surface area contributed by atoms with Crippen LogP contribution in [0.4, 0.5) is 0 Å². The minimum atomic E-state index is 0.564. The number of rotatable bonds is 0. The van der Waals surface area contributed by atoms with Crippen LogP contribution in [0.3, 0.4) is 0 Å². The molecule has 1 saturated carbocycles. The highest BCUT2D eigenvalue weighted by Crippen LogP contribution is 2.48. The summed E-state index contributed by atoms with van der Waals surface area (Å²) in [5.74, 6) is 0.906. The Morgan fingerprint density at radius 1 is 1.36 bits per heavy atom. The molecule has 60 valence electrons. The van der Waals surface area contributed by atoms with Crippen LogP contribution in [0, 0.1) is 11.3 Å². The lowest BCUT2D eigenvalue weighted by atomic mass is 9.74. The molecule has 2 aliphatic rings. The number of allylic oxidation sites excluding steroid dienone is 4. The summed E-state index contributed by atoms with van der Waals surface area (Å²) in [7, 11) is 0. The molecule has 0 aromatic carbocycles. The molecule has 2 atom stereocenters. The zero-order valence-electron chi connectivity index (χ0n) is 7.22. The first-order valence-corrected chi connectivity index (χ1v) is 4.68. The molecule has 2 aliphatic carbocycles. The normalized spacial score (nSPS) is 42.1. The van der Waals surface area contributed by atoms with Gasteiger partial charge in [-0.1, -0.05) is 37.6 Å². The molecule has 2 rings (SSSR count). The maximum Gasteiger partial charge on any atom is -0.00549 e. The molecular weight excluding hydrogens is 132 g/mol. The number of hydrogen-bond donors (Lipinski definition) is 0. The Morgan fingerprint density at radius 2 is 2.27 bits per heavy atom. The molecule has 0 aromatic rings. The minimum Gasteiger partial charge on any atom is -0.0837 e. The highest BCUT2D eigenvalue weighted by Gasteiger charge is 2.37. The van der Waals surface area contributed by atoms with E-state index in [0.717, 1.165) is 5.92 Å². The van der Waals surface area contributed by atoms with Gasteiger partial charge in [0, 0.05) is 0 Å². The summed E-state index contributed by atoms with van der Waals surface area (Å²) >= 11 is 0. The molecule has 1 fully saturated rings. The molecule has 1 spiro atoms. The van der Waals surface area contributed by atoms with E-state index < -0.39 is 0 Å². The average Bonchev–Trinajstić information content (AvgIpc) is 2.36. The molecule has 0 nitrogen and oxygen atoms in total. The Kier molecular flexibility index (Phi) is 1.63. The lowest BCUT2D eigenvalue weighted by Crippen LogP contribution is -2.21. The minimum absolute atomic E-state index is 0.564. The molecule has 11 heavy (non-hydrogen) atoms. The average molecular weight is 148 g/mol. The van der Waals surface area contributed by atoms with Crippen molar-refractivity contribution in [3.8, 4) is 0 Å². The van der Waals surface area contributed by atoms with Gasteiger partial charge in [-0.15, -0.1) is 0 Å². The molecule has 0 bridgehead atoms. The summed E-state index contributed by atoms with van der Waals surface area (Å²) in [6.07, 6.45) is 14.7. The van der Waals surface area contributed by atoms with Crippen molar-refractivity contribution < 1.29 is 0 Å². The van der Waals surface area contributed by atoms with Crippen LogP contribution in [0.25, 0.3) is 0 Å². The largest absolute Gasteiger partial charge is 0.0837 e. The van der Waals surface area contributed by atoms with E-state index in [1.807, 2.05) is 0 Å². The Morgan fingerprint density at radius 3 is 2.82 bits per heavy atom. The molecule has 0 radical (unpaired) electrons. The zero-order chi connectivity index (χ0) is 7.73. The van der Waals surface area contributed by atoms with Crippen molar-refractivity contribution >= 4 is 0 Å². The van der Waals surface area contributed by atoms with E-state index in [2.05, 4.69) is 31.2 Å². The Bertz CT molecular complexity index is 200. The highest BCUT2D eigenvalue weighted by molar-refractivity contribution is 5.18. The van der Waals surface area contributed by atoms with E-state index >= 15 is 0 Å². The van der Waals surface area contributed by atoms with Gasteiger partial charge in [-0.3, -0.25) is 0 Å². The van der Waals surface area contributed by atoms with Crippen LogP contribution in [-0.2, 0) is 0 Å². The molecule has 0 heterocycles. The fourth-order valence-electron chi connectivity index (χ4n) is 2.50. The van der Waals surface area contributed by atoms with Gasteiger partial charge in [0.05, 0.1) is 0 Å². The quantitative estimate of drug-likeness (QED) is 0.494. The van der Waals surface area contributed by atoms with Crippen molar-refractivity contribution in [2.24, 2.45) is 11.3 Å². The summed E-state index contributed by atoms with van der Waals surface area (Å²) in [4.78, 5) is 0. The molecule has 0 heteroatoms. The monoisotopic (exact) mass is 148 g/mol. The second-order valence-electron chi connectivity index (χ2n) is 4.02. The summed E-state index contributed by atoms with van der Waals surface area (Å²) in [5, 5.41) is 0. The maximum atomic E-state index is 2.44. The predicted molar refractivity (Wildman–Crippen MR) is 48.3 cm³/mol. The molecule has 0 unspecified atom stereocenters. The standard InChI is InChI=1S/C11H16/c1-10-6-5-9-11(10)7-3-2-4-8-11/h2-4,7,10H,5-6,8-9H2,1H3/t10-,11-/m1/s1. The van der Waals surface area contributed by atoms with Gasteiger partial charge in [0.25, 0.3) is 0 Å². The summed E-state index contributed by atoms with van der Waals surface area (Å²) in [6.45, 7) is 2.40. The fourth-order valence-corrected chi connectivity index (χ4v) is 2.50. The van der Waals surface area contributed by atoms with Crippen LogP contribution >= 0.6 is 0 Å². The maximum absolute atomic E-state index is 2.44. The summed E-state index contributed by atoms with van der Waals surface area (Å²) in [6, 6.07) is 0. The van der Waals surface area contributed by atoms with Gasteiger partial charge in [0.15, 0.2) is 0 Å².